The van der Waals surface area contributed by atoms with Gasteiger partial charge in [0.05, 0.1) is 5.56 Å². The SMILES string of the molecule is CC(=O)Nc1cc(NC(C)=O)cc(C(=O)OC(C)C(=O)N(C(C)C)C(C)C)c1. The number of hydrogen-bond donors (Lipinski definition) is 2. The molecule has 3 amide bonds. The van der Waals surface area contributed by atoms with Crippen molar-refractivity contribution in [1.29, 1.82) is 0 Å². The first kappa shape index (κ1) is 23.1. The molecule has 28 heavy (non-hydrogen) atoms. The van der Waals surface area contributed by atoms with E-state index in [9.17, 15) is 19.2 Å². The molecule has 0 bridgehead atoms. The Morgan fingerprint density at radius 1 is 0.821 bits per heavy atom. The second-order valence-electron chi connectivity index (χ2n) is 7.14. The van der Waals surface area contributed by atoms with E-state index in [1.807, 2.05) is 27.7 Å². The van der Waals surface area contributed by atoms with Crippen LogP contribution in [0.4, 0.5) is 11.4 Å². The molecule has 0 aliphatic carbocycles. The number of rotatable bonds is 7. The highest BCUT2D eigenvalue weighted by atomic mass is 16.5. The quantitative estimate of drug-likeness (QED) is 0.696. The van der Waals surface area contributed by atoms with E-state index in [0.29, 0.717) is 11.4 Å². The minimum Gasteiger partial charge on any atom is -0.449 e. The van der Waals surface area contributed by atoms with Gasteiger partial charge < -0.3 is 20.3 Å². The van der Waals surface area contributed by atoms with Crippen molar-refractivity contribution in [1.82, 2.24) is 4.90 Å². The van der Waals surface area contributed by atoms with Crippen LogP contribution in [0.1, 0.15) is 58.8 Å². The van der Waals surface area contributed by atoms with E-state index < -0.39 is 12.1 Å². The monoisotopic (exact) mass is 391 g/mol. The Hall–Kier alpha value is -2.90. The van der Waals surface area contributed by atoms with Crippen molar-refractivity contribution in [3.63, 3.8) is 0 Å². The van der Waals surface area contributed by atoms with E-state index >= 15 is 0 Å². The van der Waals surface area contributed by atoms with Crippen molar-refractivity contribution >= 4 is 35.1 Å². The number of carbonyl (C=O) groups is 4. The smallest absolute Gasteiger partial charge is 0.339 e. The maximum absolute atomic E-state index is 12.7. The van der Waals surface area contributed by atoms with E-state index in [1.165, 1.54) is 39.0 Å². The predicted molar refractivity (Wildman–Crippen MR) is 107 cm³/mol. The van der Waals surface area contributed by atoms with Gasteiger partial charge in [-0.15, -0.1) is 0 Å². The third kappa shape index (κ3) is 6.68. The van der Waals surface area contributed by atoms with Gasteiger partial charge in [-0.2, -0.15) is 0 Å². The van der Waals surface area contributed by atoms with Gasteiger partial charge in [0.2, 0.25) is 11.8 Å². The second kappa shape index (κ2) is 9.87. The average Bonchev–Trinajstić information content (AvgIpc) is 2.52. The summed E-state index contributed by atoms with van der Waals surface area (Å²) in [5.41, 5.74) is 0.765. The first-order valence-electron chi connectivity index (χ1n) is 9.15. The number of nitrogens with one attached hydrogen (secondary N) is 2. The summed E-state index contributed by atoms with van der Waals surface area (Å²) >= 11 is 0. The molecular weight excluding hydrogens is 362 g/mol. The number of hydrogen-bond acceptors (Lipinski definition) is 5. The van der Waals surface area contributed by atoms with Crippen molar-refractivity contribution in [3.8, 4) is 0 Å². The van der Waals surface area contributed by atoms with Gasteiger partial charge >= 0.3 is 5.97 Å². The van der Waals surface area contributed by atoms with Crippen LogP contribution in [0, 0.1) is 0 Å². The van der Waals surface area contributed by atoms with Crippen LogP contribution in [0.15, 0.2) is 18.2 Å². The fourth-order valence-electron chi connectivity index (χ4n) is 2.89. The highest BCUT2D eigenvalue weighted by Gasteiger charge is 2.28. The van der Waals surface area contributed by atoms with Crippen molar-refractivity contribution in [2.45, 2.75) is 66.7 Å². The van der Waals surface area contributed by atoms with Crippen molar-refractivity contribution in [2.24, 2.45) is 0 Å². The molecule has 0 aliphatic heterocycles. The summed E-state index contributed by atoms with van der Waals surface area (Å²) < 4.78 is 5.34. The maximum Gasteiger partial charge on any atom is 0.339 e. The first-order chi connectivity index (χ1) is 12.9. The summed E-state index contributed by atoms with van der Waals surface area (Å²) in [6.07, 6.45) is -0.981. The molecule has 0 saturated carbocycles. The Morgan fingerprint density at radius 3 is 1.61 bits per heavy atom. The van der Waals surface area contributed by atoms with E-state index in [4.69, 9.17) is 4.74 Å². The third-order valence-electron chi connectivity index (χ3n) is 3.81. The zero-order valence-electron chi connectivity index (χ0n) is 17.5. The topological polar surface area (TPSA) is 105 Å². The van der Waals surface area contributed by atoms with E-state index in [1.54, 1.807) is 4.90 Å². The van der Waals surface area contributed by atoms with Crippen LogP contribution in [0.3, 0.4) is 0 Å². The van der Waals surface area contributed by atoms with Crippen molar-refractivity contribution in [3.05, 3.63) is 23.8 Å². The molecule has 0 aromatic heterocycles. The van der Waals surface area contributed by atoms with Crippen LogP contribution in [0.25, 0.3) is 0 Å². The number of nitrogens with zero attached hydrogens (tertiary/aromatic N) is 1. The standard InChI is InChI=1S/C20H29N3O5/c1-11(2)23(12(3)4)19(26)13(5)28-20(27)16-8-17(21-14(6)24)10-18(9-16)22-15(7)25/h8-13H,1-7H3,(H,21,24)(H,22,25). The van der Waals surface area contributed by atoms with Gasteiger partial charge in [0.1, 0.15) is 0 Å². The first-order valence-corrected chi connectivity index (χ1v) is 9.15. The molecule has 8 nitrogen and oxygen atoms in total. The molecule has 1 aromatic carbocycles. The fourth-order valence-corrected chi connectivity index (χ4v) is 2.89. The lowest BCUT2D eigenvalue weighted by molar-refractivity contribution is -0.143. The molecule has 0 aliphatic rings. The Balaban J connectivity index is 3.08. The normalized spacial score (nSPS) is 11.8. The summed E-state index contributed by atoms with van der Waals surface area (Å²) in [4.78, 5) is 49.5. The summed E-state index contributed by atoms with van der Waals surface area (Å²) in [7, 11) is 0. The number of carbonyl (C=O) groups excluding carboxylic acids is 4. The zero-order chi connectivity index (χ0) is 21.6. The molecule has 0 radical (unpaired) electrons. The van der Waals surface area contributed by atoms with Gasteiger partial charge in [0.25, 0.3) is 5.91 Å². The van der Waals surface area contributed by atoms with Crippen LogP contribution >= 0.6 is 0 Å². The molecule has 154 valence electrons. The zero-order valence-corrected chi connectivity index (χ0v) is 17.5. The maximum atomic E-state index is 12.7. The lowest BCUT2D eigenvalue weighted by Gasteiger charge is -2.32. The minimum atomic E-state index is -0.981. The van der Waals surface area contributed by atoms with E-state index in [0.717, 1.165) is 0 Å². The summed E-state index contributed by atoms with van der Waals surface area (Å²) in [5, 5.41) is 5.13. The average molecular weight is 391 g/mol. The Morgan fingerprint density at radius 2 is 1.25 bits per heavy atom. The molecule has 1 aromatic rings. The van der Waals surface area contributed by atoms with E-state index in [2.05, 4.69) is 10.6 Å². The lowest BCUT2D eigenvalue weighted by atomic mass is 10.1. The minimum absolute atomic E-state index is 0.0388. The van der Waals surface area contributed by atoms with Gasteiger partial charge in [0, 0.05) is 37.3 Å². The van der Waals surface area contributed by atoms with Crippen molar-refractivity contribution in [2.75, 3.05) is 10.6 Å². The summed E-state index contributed by atoms with van der Waals surface area (Å²) in [5.74, 6) is -1.68. The molecule has 1 unspecified atom stereocenters. The molecule has 0 saturated heterocycles. The molecule has 0 spiro atoms. The number of anilines is 2. The highest BCUT2D eigenvalue weighted by molar-refractivity contribution is 5.98. The Labute approximate surface area is 165 Å². The van der Waals surface area contributed by atoms with E-state index in [-0.39, 0.29) is 35.4 Å². The molecule has 1 atom stereocenters. The predicted octanol–water partition coefficient (Wildman–Crippen LogP) is 2.79. The van der Waals surface area contributed by atoms with Crippen LogP contribution in [0.5, 0.6) is 0 Å². The van der Waals surface area contributed by atoms with Crippen LogP contribution in [0.2, 0.25) is 0 Å². The second-order valence-corrected chi connectivity index (χ2v) is 7.14. The van der Waals surface area contributed by atoms with Gasteiger partial charge in [-0.3, -0.25) is 14.4 Å². The lowest BCUT2D eigenvalue weighted by Crippen LogP contribution is -2.47. The van der Waals surface area contributed by atoms with Gasteiger partial charge in [-0.05, 0) is 52.8 Å². The Kier molecular flexibility index (Phi) is 8.16. The summed E-state index contributed by atoms with van der Waals surface area (Å²) in [6.45, 7) is 11.7. The largest absolute Gasteiger partial charge is 0.449 e. The Bertz CT molecular complexity index is 716. The number of benzene rings is 1. The van der Waals surface area contributed by atoms with Crippen LogP contribution in [-0.4, -0.2) is 46.8 Å². The number of amides is 3. The number of ether oxygens (including phenoxy) is 1. The molecule has 1 rings (SSSR count). The molecule has 0 heterocycles. The number of esters is 1. The van der Waals surface area contributed by atoms with Gasteiger partial charge in [0.15, 0.2) is 6.10 Å². The molecule has 0 fully saturated rings. The highest BCUT2D eigenvalue weighted by Crippen LogP contribution is 2.21. The van der Waals surface area contributed by atoms with Crippen LogP contribution in [-0.2, 0) is 19.1 Å². The third-order valence-corrected chi connectivity index (χ3v) is 3.81. The summed E-state index contributed by atoms with van der Waals surface area (Å²) in [6, 6.07) is 4.29. The van der Waals surface area contributed by atoms with Gasteiger partial charge in [-0.25, -0.2) is 4.79 Å². The van der Waals surface area contributed by atoms with Crippen LogP contribution < -0.4 is 10.6 Å². The van der Waals surface area contributed by atoms with Crippen molar-refractivity contribution < 1.29 is 23.9 Å². The molecule has 8 heteroatoms. The molecule has 2 N–H and O–H groups in total. The fraction of sp³-hybridized carbons (Fsp3) is 0.500. The van der Waals surface area contributed by atoms with Gasteiger partial charge in [-0.1, -0.05) is 0 Å². The molecular formula is C20H29N3O5.